The molecule has 1 heterocycles. The lowest BCUT2D eigenvalue weighted by Gasteiger charge is -2.12. The highest BCUT2D eigenvalue weighted by Gasteiger charge is 2.15. The van der Waals surface area contributed by atoms with E-state index in [4.69, 9.17) is 0 Å². The molecule has 0 aliphatic rings. The van der Waals surface area contributed by atoms with E-state index in [0.717, 1.165) is 22.6 Å². The van der Waals surface area contributed by atoms with Gasteiger partial charge in [0.15, 0.2) is 0 Å². The van der Waals surface area contributed by atoms with Crippen molar-refractivity contribution in [1.82, 2.24) is 4.57 Å². The largest absolute Gasteiger partial charge is 0.478 e. The van der Waals surface area contributed by atoms with Crippen molar-refractivity contribution in [2.24, 2.45) is 4.99 Å². The number of aliphatic imine (C=N–C) groups is 1. The summed E-state index contributed by atoms with van der Waals surface area (Å²) < 4.78 is 1.96. The van der Waals surface area contributed by atoms with E-state index >= 15 is 0 Å². The maximum absolute atomic E-state index is 11.6. The zero-order valence-electron chi connectivity index (χ0n) is 15.4. The van der Waals surface area contributed by atoms with Crippen molar-refractivity contribution >= 4 is 17.9 Å². The maximum Gasteiger partial charge on any atom is 0.337 e. The number of benzene rings is 2. The Kier molecular flexibility index (Phi) is 4.76. The van der Waals surface area contributed by atoms with E-state index in [0.29, 0.717) is 5.69 Å². The molecule has 0 radical (unpaired) electrons. The number of aromatic carboxylic acids is 1. The Morgan fingerprint density at radius 2 is 1.73 bits per heavy atom. The van der Waals surface area contributed by atoms with E-state index in [9.17, 15) is 9.90 Å². The van der Waals surface area contributed by atoms with Gasteiger partial charge in [-0.1, -0.05) is 18.2 Å². The van der Waals surface area contributed by atoms with E-state index in [1.807, 2.05) is 48.9 Å². The number of para-hydroxylation sites is 1. The van der Waals surface area contributed by atoms with E-state index in [1.54, 1.807) is 12.1 Å². The van der Waals surface area contributed by atoms with Crippen LogP contribution in [0.5, 0.6) is 0 Å². The third-order valence-electron chi connectivity index (χ3n) is 4.69. The number of hydrogen-bond acceptors (Lipinski definition) is 2. The van der Waals surface area contributed by atoms with Crippen molar-refractivity contribution < 1.29 is 9.90 Å². The van der Waals surface area contributed by atoms with Crippen LogP contribution in [0.25, 0.3) is 5.69 Å². The quantitative estimate of drug-likeness (QED) is 0.663. The first-order valence-electron chi connectivity index (χ1n) is 8.51. The van der Waals surface area contributed by atoms with Crippen LogP contribution in [-0.4, -0.2) is 21.9 Å². The Hall–Kier alpha value is -3.14. The lowest BCUT2D eigenvalue weighted by atomic mass is 10.1. The fourth-order valence-corrected chi connectivity index (χ4v) is 3.09. The molecule has 26 heavy (non-hydrogen) atoms. The second-order valence-corrected chi connectivity index (χ2v) is 6.51. The van der Waals surface area contributed by atoms with Crippen LogP contribution in [0.2, 0.25) is 0 Å². The van der Waals surface area contributed by atoms with Crippen LogP contribution in [0.3, 0.4) is 0 Å². The smallest absolute Gasteiger partial charge is 0.337 e. The summed E-state index contributed by atoms with van der Waals surface area (Å²) >= 11 is 0. The van der Waals surface area contributed by atoms with Crippen molar-refractivity contribution in [2.75, 3.05) is 0 Å². The number of carboxylic acids is 1. The molecule has 3 aromatic rings. The number of nitrogens with zero attached hydrogens (tertiary/aromatic N) is 2. The van der Waals surface area contributed by atoms with Gasteiger partial charge in [-0.3, -0.25) is 4.99 Å². The minimum Gasteiger partial charge on any atom is -0.478 e. The van der Waals surface area contributed by atoms with E-state index in [2.05, 4.69) is 31.0 Å². The molecule has 0 aliphatic carbocycles. The predicted octanol–water partition coefficient (Wildman–Crippen LogP) is 5.16. The van der Waals surface area contributed by atoms with Gasteiger partial charge in [0.1, 0.15) is 0 Å². The highest BCUT2D eigenvalue weighted by molar-refractivity contribution is 5.92. The van der Waals surface area contributed by atoms with Gasteiger partial charge in [-0.2, -0.15) is 0 Å². The molecule has 0 fully saturated rings. The average Bonchev–Trinajstić information content (AvgIpc) is 2.89. The first kappa shape index (κ1) is 17.7. The zero-order valence-corrected chi connectivity index (χ0v) is 15.4. The Labute approximate surface area is 153 Å². The van der Waals surface area contributed by atoms with Crippen molar-refractivity contribution in [1.29, 1.82) is 0 Å². The Morgan fingerprint density at radius 1 is 1.00 bits per heavy atom. The van der Waals surface area contributed by atoms with Crippen molar-refractivity contribution in [3.05, 3.63) is 82.2 Å². The van der Waals surface area contributed by atoms with Crippen LogP contribution in [0, 0.1) is 27.7 Å². The van der Waals surface area contributed by atoms with Crippen LogP contribution < -0.4 is 0 Å². The molecule has 0 amide bonds. The molecule has 1 aromatic heterocycles. The second kappa shape index (κ2) is 7.00. The molecule has 4 nitrogen and oxygen atoms in total. The molecule has 0 unspecified atom stereocenters. The molecule has 0 bridgehead atoms. The number of aromatic nitrogens is 1. The minimum atomic E-state index is -0.932. The standard InChI is InChI=1S/C22H22N2O2/c1-14-9-10-19(11-15(14)2)23-13-18-12-16(3)24(17(18)4)21-8-6-5-7-20(21)22(25)26/h5-13H,1-4H3,(H,25,26). The monoisotopic (exact) mass is 346 g/mol. The number of aryl methyl sites for hydroxylation is 3. The summed E-state index contributed by atoms with van der Waals surface area (Å²) in [6, 6.07) is 15.2. The molecule has 4 heteroatoms. The fraction of sp³-hybridized carbons (Fsp3) is 0.182. The highest BCUT2D eigenvalue weighted by Crippen LogP contribution is 2.24. The molecule has 0 saturated heterocycles. The molecule has 0 spiro atoms. The molecular formula is C22H22N2O2. The number of hydrogen-bond donors (Lipinski definition) is 1. The molecule has 0 saturated carbocycles. The Morgan fingerprint density at radius 3 is 2.42 bits per heavy atom. The number of rotatable bonds is 4. The first-order chi connectivity index (χ1) is 12.4. The topological polar surface area (TPSA) is 54.6 Å². The van der Waals surface area contributed by atoms with Crippen molar-refractivity contribution in [3.63, 3.8) is 0 Å². The summed E-state index contributed by atoms with van der Waals surface area (Å²) in [7, 11) is 0. The predicted molar refractivity (Wildman–Crippen MR) is 105 cm³/mol. The summed E-state index contributed by atoms with van der Waals surface area (Å²) in [5.41, 5.74) is 7.21. The fourth-order valence-electron chi connectivity index (χ4n) is 3.09. The van der Waals surface area contributed by atoms with Gasteiger partial charge >= 0.3 is 5.97 Å². The van der Waals surface area contributed by atoms with Gasteiger partial charge in [0.05, 0.1) is 16.9 Å². The van der Waals surface area contributed by atoms with Crippen LogP contribution in [0.1, 0.15) is 38.4 Å². The minimum absolute atomic E-state index is 0.284. The number of carboxylic acid groups (broad SMARTS) is 1. The van der Waals surface area contributed by atoms with Gasteiger partial charge in [0.2, 0.25) is 0 Å². The van der Waals surface area contributed by atoms with Crippen LogP contribution in [0.4, 0.5) is 5.69 Å². The Balaban J connectivity index is 2.03. The normalized spacial score (nSPS) is 11.2. The van der Waals surface area contributed by atoms with Crippen LogP contribution in [-0.2, 0) is 0 Å². The molecule has 3 rings (SSSR count). The lowest BCUT2D eigenvalue weighted by Crippen LogP contribution is -2.07. The number of carbonyl (C=O) groups is 1. The Bertz CT molecular complexity index is 1010. The summed E-state index contributed by atoms with van der Waals surface area (Å²) in [4.78, 5) is 16.1. The summed E-state index contributed by atoms with van der Waals surface area (Å²) in [6.07, 6.45) is 1.84. The summed E-state index contributed by atoms with van der Waals surface area (Å²) in [5.74, 6) is -0.932. The first-order valence-corrected chi connectivity index (χ1v) is 8.51. The van der Waals surface area contributed by atoms with Gasteiger partial charge < -0.3 is 9.67 Å². The van der Waals surface area contributed by atoms with E-state index in [1.165, 1.54) is 11.1 Å². The SMILES string of the molecule is Cc1ccc(N=Cc2cc(C)n(-c3ccccc3C(=O)O)c2C)cc1C. The van der Waals surface area contributed by atoms with Gasteiger partial charge in [0, 0.05) is 23.2 Å². The highest BCUT2D eigenvalue weighted by atomic mass is 16.4. The van der Waals surface area contributed by atoms with Gasteiger partial charge in [-0.15, -0.1) is 0 Å². The van der Waals surface area contributed by atoms with Gasteiger partial charge in [-0.05, 0) is 69.2 Å². The van der Waals surface area contributed by atoms with Crippen molar-refractivity contribution in [3.8, 4) is 5.69 Å². The summed E-state index contributed by atoms with van der Waals surface area (Å²) in [6.45, 7) is 8.10. The molecular weight excluding hydrogens is 324 g/mol. The molecule has 1 N–H and O–H groups in total. The second-order valence-electron chi connectivity index (χ2n) is 6.51. The van der Waals surface area contributed by atoms with E-state index < -0.39 is 5.97 Å². The lowest BCUT2D eigenvalue weighted by molar-refractivity contribution is 0.0697. The molecule has 0 atom stereocenters. The third kappa shape index (κ3) is 3.31. The zero-order chi connectivity index (χ0) is 18.8. The molecule has 0 aliphatic heterocycles. The maximum atomic E-state index is 11.6. The van der Waals surface area contributed by atoms with Crippen molar-refractivity contribution in [2.45, 2.75) is 27.7 Å². The third-order valence-corrected chi connectivity index (χ3v) is 4.69. The van der Waals surface area contributed by atoms with Crippen LogP contribution >= 0.6 is 0 Å². The molecule has 132 valence electrons. The van der Waals surface area contributed by atoms with Crippen LogP contribution in [0.15, 0.2) is 53.5 Å². The average molecular weight is 346 g/mol. The van der Waals surface area contributed by atoms with Gasteiger partial charge in [0.25, 0.3) is 0 Å². The summed E-state index contributed by atoms with van der Waals surface area (Å²) in [5, 5.41) is 9.48. The van der Waals surface area contributed by atoms with E-state index in [-0.39, 0.29) is 5.56 Å². The van der Waals surface area contributed by atoms with Gasteiger partial charge in [-0.25, -0.2) is 4.79 Å². The molecule has 2 aromatic carbocycles.